The van der Waals surface area contributed by atoms with Crippen LogP contribution in [0.25, 0.3) is 0 Å². The first-order valence-electron chi connectivity index (χ1n) is 8.30. The summed E-state index contributed by atoms with van der Waals surface area (Å²) in [5.74, 6) is 0.820. The molecule has 0 spiro atoms. The number of carbonyl (C=O) groups is 1. The second kappa shape index (κ2) is 7.83. The van der Waals surface area contributed by atoms with Crippen LogP contribution >= 0.6 is 0 Å². The first-order valence-corrected chi connectivity index (χ1v) is 8.30. The van der Waals surface area contributed by atoms with Crippen LogP contribution in [0.3, 0.4) is 0 Å². The molecule has 132 valence electrons. The molecule has 0 radical (unpaired) electrons. The molecular weight excluding hydrogens is 322 g/mol. The maximum atomic E-state index is 12.0. The third kappa shape index (κ3) is 4.17. The van der Waals surface area contributed by atoms with Crippen LogP contribution in [0.15, 0.2) is 35.1 Å². The number of rotatable bonds is 7. The van der Waals surface area contributed by atoms with Gasteiger partial charge in [0.1, 0.15) is 0 Å². The van der Waals surface area contributed by atoms with Gasteiger partial charge in [-0.15, -0.1) is 0 Å². The van der Waals surface area contributed by atoms with E-state index in [-0.39, 0.29) is 18.1 Å². The van der Waals surface area contributed by atoms with Crippen molar-refractivity contribution in [2.45, 2.75) is 25.8 Å². The van der Waals surface area contributed by atoms with Crippen molar-refractivity contribution in [3.05, 3.63) is 51.9 Å². The number of amides is 1. The predicted octanol–water partition coefficient (Wildman–Crippen LogP) is 0.936. The van der Waals surface area contributed by atoms with Gasteiger partial charge in [0.05, 0.1) is 19.3 Å². The van der Waals surface area contributed by atoms with E-state index in [9.17, 15) is 9.59 Å². The number of methoxy groups -OCH3 is 1. The number of aryl methyl sites for hydroxylation is 2. The number of ether oxygens (including phenoxy) is 2. The Labute approximate surface area is 145 Å². The summed E-state index contributed by atoms with van der Waals surface area (Å²) < 4.78 is 12.0. The number of para-hydroxylation sites is 2. The predicted molar refractivity (Wildman–Crippen MR) is 92.0 cm³/mol. The molecule has 0 aliphatic heterocycles. The van der Waals surface area contributed by atoms with Gasteiger partial charge in [-0.05, 0) is 37.0 Å². The van der Waals surface area contributed by atoms with Crippen LogP contribution < -0.4 is 20.3 Å². The van der Waals surface area contributed by atoms with Crippen molar-refractivity contribution < 1.29 is 14.3 Å². The Morgan fingerprint density at radius 3 is 2.88 bits per heavy atom. The van der Waals surface area contributed by atoms with Crippen LogP contribution in [0.2, 0.25) is 0 Å². The van der Waals surface area contributed by atoms with Gasteiger partial charge in [-0.3, -0.25) is 9.59 Å². The summed E-state index contributed by atoms with van der Waals surface area (Å²) in [5.41, 5.74) is 1.92. The lowest BCUT2D eigenvalue weighted by Gasteiger charge is -2.11. The molecule has 1 aromatic carbocycles. The lowest BCUT2D eigenvalue weighted by Crippen LogP contribution is -2.34. The van der Waals surface area contributed by atoms with Crippen LogP contribution in [-0.2, 0) is 24.2 Å². The number of hydrogen-bond donors (Lipinski definition) is 1. The Bertz CT molecular complexity index is 816. The molecule has 1 aromatic heterocycles. The van der Waals surface area contributed by atoms with E-state index >= 15 is 0 Å². The molecule has 1 heterocycles. The Kier molecular flexibility index (Phi) is 5.33. The van der Waals surface area contributed by atoms with Gasteiger partial charge in [0.2, 0.25) is 0 Å². The SMILES string of the molecule is COc1ccccc1OCC(=O)NCCn1nc2c(cc1=O)CCC2. The van der Waals surface area contributed by atoms with E-state index in [0.29, 0.717) is 24.6 Å². The van der Waals surface area contributed by atoms with Crippen molar-refractivity contribution in [3.8, 4) is 11.5 Å². The first-order chi connectivity index (χ1) is 12.2. The fourth-order valence-corrected chi connectivity index (χ4v) is 2.83. The van der Waals surface area contributed by atoms with Gasteiger partial charge in [0, 0.05) is 12.6 Å². The summed E-state index contributed by atoms with van der Waals surface area (Å²) >= 11 is 0. The standard InChI is InChI=1S/C18H21N3O4/c1-24-15-7-2-3-8-16(15)25-12-17(22)19-9-10-21-18(23)11-13-5-4-6-14(13)20-21/h2-3,7-8,11H,4-6,9-10,12H2,1H3,(H,19,22). The summed E-state index contributed by atoms with van der Waals surface area (Å²) in [4.78, 5) is 23.9. The largest absolute Gasteiger partial charge is 0.493 e. The highest BCUT2D eigenvalue weighted by atomic mass is 16.5. The van der Waals surface area contributed by atoms with E-state index in [4.69, 9.17) is 9.47 Å². The van der Waals surface area contributed by atoms with Crippen molar-refractivity contribution >= 4 is 5.91 Å². The summed E-state index contributed by atoms with van der Waals surface area (Å²) in [7, 11) is 1.55. The zero-order chi connectivity index (χ0) is 17.6. The fourth-order valence-electron chi connectivity index (χ4n) is 2.83. The molecule has 25 heavy (non-hydrogen) atoms. The van der Waals surface area contributed by atoms with Crippen LogP contribution in [-0.4, -0.2) is 35.9 Å². The molecule has 2 aromatic rings. The summed E-state index contributed by atoms with van der Waals surface area (Å²) in [6.45, 7) is 0.541. The Morgan fingerprint density at radius 1 is 1.28 bits per heavy atom. The van der Waals surface area contributed by atoms with Crippen LogP contribution in [0, 0.1) is 0 Å². The molecule has 1 aliphatic rings. The van der Waals surface area contributed by atoms with E-state index in [1.165, 1.54) is 4.68 Å². The summed E-state index contributed by atoms with van der Waals surface area (Å²) in [6.07, 6.45) is 2.88. The van der Waals surface area contributed by atoms with Gasteiger partial charge < -0.3 is 14.8 Å². The molecule has 7 nitrogen and oxygen atoms in total. The highest BCUT2D eigenvalue weighted by Crippen LogP contribution is 2.25. The average Bonchev–Trinajstić information content (AvgIpc) is 3.07. The van der Waals surface area contributed by atoms with Gasteiger partial charge in [-0.1, -0.05) is 12.1 Å². The maximum absolute atomic E-state index is 12.0. The van der Waals surface area contributed by atoms with Gasteiger partial charge in [-0.25, -0.2) is 4.68 Å². The molecule has 3 rings (SSSR count). The number of nitrogens with one attached hydrogen (secondary N) is 1. The van der Waals surface area contributed by atoms with E-state index in [2.05, 4.69) is 10.4 Å². The Hall–Kier alpha value is -2.83. The molecule has 1 N–H and O–H groups in total. The zero-order valence-electron chi connectivity index (χ0n) is 14.2. The molecule has 0 fully saturated rings. The number of carbonyl (C=O) groups excluding carboxylic acids is 1. The number of benzene rings is 1. The minimum absolute atomic E-state index is 0.118. The lowest BCUT2D eigenvalue weighted by atomic mass is 10.2. The maximum Gasteiger partial charge on any atom is 0.267 e. The number of hydrogen-bond acceptors (Lipinski definition) is 5. The molecule has 0 unspecified atom stereocenters. The van der Waals surface area contributed by atoms with Gasteiger partial charge in [0.15, 0.2) is 18.1 Å². The van der Waals surface area contributed by atoms with E-state index < -0.39 is 0 Å². The van der Waals surface area contributed by atoms with Gasteiger partial charge in [-0.2, -0.15) is 5.10 Å². The quantitative estimate of drug-likeness (QED) is 0.809. The van der Waals surface area contributed by atoms with E-state index in [1.807, 2.05) is 12.1 Å². The van der Waals surface area contributed by atoms with Crippen LogP contribution in [0.5, 0.6) is 11.5 Å². The molecule has 1 amide bonds. The average molecular weight is 343 g/mol. The molecule has 0 saturated heterocycles. The third-order valence-electron chi connectivity index (χ3n) is 4.10. The topological polar surface area (TPSA) is 82.4 Å². The Morgan fingerprint density at radius 2 is 2.08 bits per heavy atom. The lowest BCUT2D eigenvalue weighted by molar-refractivity contribution is -0.123. The minimum atomic E-state index is -0.264. The minimum Gasteiger partial charge on any atom is -0.493 e. The highest BCUT2D eigenvalue weighted by Gasteiger charge is 2.14. The number of nitrogens with zero attached hydrogens (tertiary/aromatic N) is 2. The summed E-state index contributed by atoms with van der Waals surface area (Å²) in [6, 6.07) is 8.79. The van der Waals surface area contributed by atoms with E-state index in [0.717, 1.165) is 30.5 Å². The molecule has 7 heteroatoms. The normalized spacial score (nSPS) is 12.5. The zero-order valence-corrected chi connectivity index (χ0v) is 14.2. The molecule has 0 atom stereocenters. The van der Waals surface area contributed by atoms with Gasteiger partial charge in [0.25, 0.3) is 11.5 Å². The number of fused-ring (bicyclic) bond motifs is 1. The molecule has 0 bridgehead atoms. The van der Waals surface area contributed by atoms with Gasteiger partial charge >= 0.3 is 0 Å². The molecule has 0 saturated carbocycles. The summed E-state index contributed by atoms with van der Waals surface area (Å²) in [5, 5.41) is 7.10. The van der Waals surface area contributed by atoms with Crippen molar-refractivity contribution in [1.29, 1.82) is 0 Å². The first kappa shape index (κ1) is 17.0. The Balaban J connectivity index is 1.48. The van der Waals surface area contributed by atoms with Crippen molar-refractivity contribution in [3.63, 3.8) is 0 Å². The molecule has 1 aliphatic carbocycles. The van der Waals surface area contributed by atoms with Crippen molar-refractivity contribution in [2.24, 2.45) is 0 Å². The number of aromatic nitrogens is 2. The second-order valence-electron chi connectivity index (χ2n) is 5.82. The second-order valence-corrected chi connectivity index (χ2v) is 5.82. The fraction of sp³-hybridized carbons (Fsp3) is 0.389. The highest BCUT2D eigenvalue weighted by molar-refractivity contribution is 5.77. The smallest absolute Gasteiger partial charge is 0.267 e. The van der Waals surface area contributed by atoms with Crippen molar-refractivity contribution in [2.75, 3.05) is 20.3 Å². The van der Waals surface area contributed by atoms with Crippen LogP contribution in [0.4, 0.5) is 0 Å². The third-order valence-corrected chi connectivity index (χ3v) is 4.10. The monoisotopic (exact) mass is 343 g/mol. The van der Waals surface area contributed by atoms with E-state index in [1.54, 1.807) is 25.3 Å². The van der Waals surface area contributed by atoms with Crippen LogP contribution in [0.1, 0.15) is 17.7 Å². The van der Waals surface area contributed by atoms with Crippen molar-refractivity contribution in [1.82, 2.24) is 15.1 Å². The molecular formula is C18H21N3O4.